The highest BCUT2D eigenvalue weighted by Crippen LogP contribution is 2.33. The minimum absolute atomic E-state index is 0.0202. The maximum Gasteiger partial charge on any atom is 0.266 e. The maximum atomic E-state index is 12.3. The van der Waals surface area contributed by atoms with Crippen LogP contribution in [-0.4, -0.2) is 34.6 Å². The Morgan fingerprint density at radius 1 is 1.25 bits per heavy atom. The highest BCUT2D eigenvalue weighted by molar-refractivity contribution is 8.18. The number of aliphatic imine (C=N–C) groups is 1. The van der Waals surface area contributed by atoms with E-state index < -0.39 is 0 Å². The minimum Gasteiger partial charge on any atom is -0.318 e. The zero-order valence-corrected chi connectivity index (χ0v) is 15.6. The molecule has 0 spiro atoms. The van der Waals surface area contributed by atoms with E-state index in [9.17, 15) is 4.79 Å². The number of thioether (sulfide) groups is 1. The molecule has 1 fully saturated rings. The molecule has 0 bridgehead atoms. The SMILES string of the molecule is CN=C1S/C(=C\c2cc(C)n(-c3cccc(Cl)c3)c2C)C(=O)N1C. The number of rotatable bonds is 2. The van der Waals surface area contributed by atoms with Crippen molar-refractivity contribution in [1.29, 1.82) is 0 Å². The topological polar surface area (TPSA) is 37.6 Å². The van der Waals surface area contributed by atoms with Crippen LogP contribution in [0.4, 0.5) is 0 Å². The molecule has 0 atom stereocenters. The van der Waals surface area contributed by atoms with Crippen LogP contribution in [0.15, 0.2) is 40.2 Å². The van der Waals surface area contributed by atoms with E-state index in [1.165, 1.54) is 11.8 Å². The van der Waals surface area contributed by atoms with Gasteiger partial charge >= 0.3 is 0 Å². The van der Waals surface area contributed by atoms with Crippen LogP contribution >= 0.6 is 23.4 Å². The average Bonchev–Trinajstić information content (AvgIpc) is 2.98. The van der Waals surface area contributed by atoms with Crippen LogP contribution in [-0.2, 0) is 4.79 Å². The normalized spacial score (nSPS) is 18.2. The summed E-state index contributed by atoms with van der Waals surface area (Å²) in [4.78, 5) is 18.7. The molecule has 2 aromatic rings. The monoisotopic (exact) mass is 359 g/mol. The number of carbonyl (C=O) groups excluding carboxylic acids is 1. The number of amidine groups is 1. The number of amides is 1. The van der Waals surface area contributed by atoms with E-state index in [2.05, 4.69) is 15.6 Å². The lowest BCUT2D eigenvalue weighted by Gasteiger charge is -2.10. The van der Waals surface area contributed by atoms with Gasteiger partial charge in [-0.1, -0.05) is 17.7 Å². The van der Waals surface area contributed by atoms with Gasteiger partial charge in [0.15, 0.2) is 5.17 Å². The highest BCUT2D eigenvalue weighted by Gasteiger charge is 2.30. The molecule has 24 heavy (non-hydrogen) atoms. The quantitative estimate of drug-likeness (QED) is 0.750. The summed E-state index contributed by atoms with van der Waals surface area (Å²) in [5.41, 5.74) is 4.20. The van der Waals surface area contributed by atoms with Gasteiger partial charge in [-0.05, 0) is 61.5 Å². The third-order valence-corrected chi connectivity index (χ3v) is 5.40. The van der Waals surface area contributed by atoms with Crippen molar-refractivity contribution in [2.24, 2.45) is 4.99 Å². The van der Waals surface area contributed by atoms with Gasteiger partial charge < -0.3 is 4.57 Å². The number of hydrogen-bond acceptors (Lipinski definition) is 3. The molecule has 1 saturated heterocycles. The number of aryl methyl sites for hydroxylation is 1. The van der Waals surface area contributed by atoms with E-state index in [-0.39, 0.29) is 5.91 Å². The van der Waals surface area contributed by atoms with Crippen molar-refractivity contribution in [2.45, 2.75) is 13.8 Å². The van der Waals surface area contributed by atoms with Crippen LogP contribution in [0.1, 0.15) is 17.0 Å². The minimum atomic E-state index is -0.0202. The molecular formula is C18H18ClN3OS. The zero-order valence-electron chi connectivity index (χ0n) is 14.0. The molecule has 1 aliphatic rings. The molecule has 0 radical (unpaired) electrons. The molecular weight excluding hydrogens is 342 g/mol. The fraction of sp³-hybridized carbons (Fsp3) is 0.222. The van der Waals surface area contributed by atoms with Crippen LogP contribution < -0.4 is 0 Å². The molecule has 2 heterocycles. The molecule has 4 nitrogen and oxygen atoms in total. The lowest BCUT2D eigenvalue weighted by Crippen LogP contribution is -2.23. The van der Waals surface area contributed by atoms with Gasteiger partial charge in [-0.15, -0.1) is 0 Å². The predicted molar refractivity (Wildman–Crippen MR) is 102 cm³/mol. The Hall–Kier alpha value is -1.98. The summed E-state index contributed by atoms with van der Waals surface area (Å²) in [5.74, 6) is -0.0202. The molecule has 0 aliphatic carbocycles. The van der Waals surface area contributed by atoms with Crippen LogP contribution in [0.2, 0.25) is 5.02 Å². The van der Waals surface area contributed by atoms with Crippen molar-refractivity contribution in [3.8, 4) is 5.69 Å². The Kier molecular flexibility index (Phi) is 4.56. The third-order valence-electron chi connectivity index (χ3n) is 4.02. The maximum absolute atomic E-state index is 12.3. The summed E-state index contributed by atoms with van der Waals surface area (Å²) in [6.45, 7) is 4.09. The molecule has 1 aliphatic heterocycles. The number of likely N-dealkylation sites (N-methyl/N-ethyl adjacent to an activating group) is 1. The summed E-state index contributed by atoms with van der Waals surface area (Å²) < 4.78 is 2.14. The number of hydrogen-bond donors (Lipinski definition) is 0. The van der Waals surface area contributed by atoms with Gasteiger partial charge in [0.25, 0.3) is 5.91 Å². The van der Waals surface area contributed by atoms with E-state index in [0.717, 1.165) is 27.8 Å². The first-order valence-electron chi connectivity index (χ1n) is 7.51. The van der Waals surface area contributed by atoms with Gasteiger partial charge in [-0.25, -0.2) is 0 Å². The lowest BCUT2D eigenvalue weighted by molar-refractivity contribution is -0.121. The Balaban J connectivity index is 2.05. The number of benzene rings is 1. The lowest BCUT2D eigenvalue weighted by atomic mass is 10.2. The molecule has 6 heteroatoms. The number of halogens is 1. The Morgan fingerprint density at radius 2 is 2.00 bits per heavy atom. The zero-order chi connectivity index (χ0) is 17.4. The average molecular weight is 360 g/mol. The number of aromatic nitrogens is 1. The van der Waals surface area contributed by atoms with Crippen LogP contribution in [0, 0.1) is 13.8 Å². The van der Waals surface area contributed by atoms with Crippen LogP contribution in [0.25, 0.3) is 11.8 Å². The standard InChI is InChI=1S/C18H18ClN3OS/c1-11-8-13(9-16-17(23)21(4)18(20-3)24-16)12(2)22(11)15-7-5-6-14(19)10-15/h5-10H,1-4H3/b16-9-,20-18?. The van der Waals surface area contributed by atoms with Crippen LogP contribution in [0.5, 0.6) is 0 Å². The van der Waals surface area contributed by atoms with Crippen molar-refractivity contribution in [1.82, 2.24) is 9.47 Å². The third kappa shape index (κ3) is 2.89. The molecule has 0 saturated carbocycles. The summed E-state index contributed by atoms with van der Waals surface area (Å²) in [6.07, 6.45) is 1.94. The predicted octanol–water partition coefficient (Wildman–Crippen LogP) is 4.28. The molecule has 1 aromatic heterocycles. The highest BCUT2D eigenvalue weighted by atomic mass is 35.5. The van der Waals surface area contributed by atoms with Gasteiger partial charge in [0.1, 0.15) is 0 Å². The Bertz CT molecular complexity index is 882. The number of carbonyl (C=O) groups is 1. The summed E-state index contributed by atoms with van der Waals surface area (Å²) in [7, 11) is 3.44. The van der Waals surface area contributed by atoms with Crippen molar-refractivity contribution in [3.05, 3.63) is 57.2 Å². The fourth-order valence-electron chi connectivity index (χ4n) is 2.84. The smallest absolute Gasteiger partial charge is 0.266 e. The Morgan fingerprint density at radius 3 is 2.62 bits per heavy atom. The second-order valence-corrected chi connectivity index (χ2v) is 7.07. The summed E-state index contributed by atoms with van der Waals surface area (Å²) in [6, 6.07) is 9.83. The summed E-state index contributed by atoms with van der Waals surface area (Å²) in [5, 5.41) is 1.42. The number of nitrogens with zero attached hydrogens (tertiary/aromatic N) is 3. The van der Waals surface area contributed by atoms with Gasteiger partial charge in [-0.3, -0.25) is 14.7 Å². The van der Waals surface area contributed by atoms with E-state index in [0.29, 0.717) is 9.93 Å². The van der Waals surface area contributed by atoms with Crippen LogP contribution in [0.3, 0.4) is 0 Å². The Labute approximate surface area is 150 Å². The van der Waals surface area contributed by atoms with Crippen molar-refractivity contribution in [3.63, 3.8) is 0 Å². The first kappa shape index (κ1) is 16.9. The van der Waals surface area contributed by atoms with E-state index in [1.54, 1.807) is 19.0 Å². The van der Waals surface area contributed by atoms with Gasteiger partial charge in [0, 0.05) is 36.2 Å². The van der Waals surface area contributed by atoms with Crippen molar-refractivity contribution in [2.75, 3.05) is 14.1 Å². The van der Waals surface area contributed by atoms with Crippen molar-refractivity contribution < 1.29 is 4.79 Å². The molecule has 0 unspecified atom stereocenters. The van der Waals surface area contributed by atoms with Gasteiger partial charge in [0.2, 0.25) is 0 Å². The second-order valence-electron chi connectivity index (χ2n) is 5.62. The molecule has 1 aromatic carbocycles. The summed E-state index contributed by atoms with van der Waals surface area (Å²) >= 11 is 7.52. The largest absolute Gasteiger partial charge is 0.318 e. The van der Waals surface area contributed by atoms with E-state index >= 15 is 0 Å². The second kappa shape index (κ2) is 6.49. The van der Waals surface area contributed by atoms with Gasteiger partial charge in [-0.2, -0.15) is 0 Å². The van der Waals surface area contributed by atoms with E-state index in [1.807, 2.05) is 44.2 Å². The van der Waals surface area contributed by atoms with Crippen molar-refractivity contribution >= 4 is 40.5 Å². The molecule has 1 amide bonds. The fourth-order valence-corrected chi connectivity index (χ4v) is 3.94. The molecule has 3 rings (SSSR count). The first-order valence-corrected chi connectivity index (χ1v) is 8.71. The van der Waals surface area contributed by atoms with E-state index in [4.69, 9.17) is 11.6 Å². The molecule has 0 N–H and O–H groups in total. The molecule has 124 valence electrons. The van der Waals surface area contributed by atoms with Gasteiger partial charge in [0.05, 0.1) is 4.91 Å². The first-order chi connectivity index (χ1) is 11.4.